The van der Waals surface area contributed by atoms with Crippen molar-refractivity contribution in [1.29, 1.82) is 0 Å². The summed E-state index contributed by atoms with van der Waals surface area (Å²) in [7, 11) is 0. The molecule has 1 saturated heterocycles. The zero-order valence-corrected chi connectivity index (χ0v) is 13.5. The van der Waals surface area contributed by atoms with Crippen LogP contribution in [-0.2, 0) is 20.9 Å². The Morgan fingerprint density at radius 3 is 2.70 bits per heavy atom. The minimum Gasteiger partial charge on any atom is -0.481 e. The number of carbonyl (C=O) groups is 2. The molecule has 1 amide bonds. The standard InChI is InChI=1S/C17H24N2O4/c1-2-23-11-10-18-8-9-19(13-14-6-4-3-5-7-14)15(17(18)22)12-16(20)21/h3-7,15H,2,8-13H2,1H3,(H,20,21). The van der Waals surface area contributed by atoms with Crippen LogP contribution in [0.1, 0.15) is 18.9 Å². The molecular weight excluding hydrogens is 296 g/mol. The molecule has 23 heavy (non-hydrogen) atoms. The third-order valence-electron chi connectivity index (χ3n) is 4.00. The van der Waals surface area contributed by atoms with Crippen LogP contribution in [0.2, 0.25) is 0 Å². The molecule has 0 aromatic heterocycles. The van der Waals surface area contributed by atoms with Crippen LogP contribution in [0, 0.1) is 0 Å². The molecule has 126 valence electrons. The second-order valence-corrected chi connectivity index (χ2v) is 5.59. The number of carboxylic acids is 1. The lowest BCUT2D eigenvalue weighted by Gasteiger charge is -2.40. The van der Waals surface area contributed by atoms with Crippen molar-refractivity contribution in [2.45, 2.75) is 25.9 Å². The van der Waals surface area contributed by atoms with E-state index in [1.54, 1.807) is 4.90 Å². The van der Waals surface area contributed by atoms with Gasteiger partial charge in [0.15, 0.2) is 0 Å². The topological polar surface area (TPSA) is 70.1 Å². The highest BCUT2D eigenvalue weighted by atomic mass is 16.5. The lowest BCUT2D eigenvalue weighted by molar-refractivity contribution is -0.150. The molecule has 1 aromatic rings. The molecule has 1 fully saturated rings. The first kappa shape index (κ1) is 17.4. The van der Waals surface area contributed by atoms with Crippen molar-refractivity contribution in [1.82, 2.24) is 9.80 Å². The largest absolute Gasteiger partial charge is 0.481 e. The van der Waals surface area contributed by atoms with Gasteiger partial charge in [0, 0.05) is 32.8 Å². The zero-order chi connectivity index (χ0) is 16.7. The van der Waals surface area contributed by atoms with Crippen molar-refractivity contribution in [3.63, 3.8) is 0 Å². The molecular formula is C17H24N2O4. The van der Waals surface area contributed by atoms with E-state index >= 15 is 0 Å². The maximum absolute atomic E-state index is 12.6. The smallest absolute Gasteiger partial charge is 0.305 e. The molecule has 1 aliphatic heterocycles. The third-order valence-corrected chi connectivity index (χ3v) is 4.00. The van der Waals surface area contributed by atoms with Crippen LogP contribution in [0.3, 0.4) is 0 Å². The van der Waals surface area contributed by atoms with Gasteiger partial charge in [-0.15, -0.1) is 0 Å². The molecule has 0 aliphatic carbocycles. The Kier molecular flexibility index (Phi) is 6.55. The van der Waals surface area contributed by atoms with E-state index in [2.05, 4.69) is 0 Å². The van der Waals surface area contributed by atoms with Gasteiger partial charge in [0.2, 0.25) is 5.91 Å². The predicted molar refractivity (Wildman–Crippen MR) is 86.0 cm³/mol. The summed E-state index contributed by atoms with van der Waals surface area (Å²) in [5, 5.41) is 9.15. The Hall–Kier alpha value is -1.92. The average Bonchev–Trinajstić information content (AvgIpc) is 2.54. The van der Waals surface area contributed by atoms with Crippen molar-refractivity contribution in [2.75, 3.05) is 32.8 Å². The monoisotopic (exact) mass is 320 g/mol. The fraction of sp³-hybridized carbons (Fsp3) is 0.529. The molecule has 1 atom stereocenters. The number of hydrogen-bond acceptors (Lipinski definition) is 4. The molecule has 1 aromatic carbocycles. The lowest BCUT2D eigenvalue weighted by atomic mass is 10.1. The number of ether oxygens (including phenoxy) is 1. The highest BCUT2D eigenvalue weighted by Crippen LogP contribution is 2.18. The van der Waals surface area contributed by atoms with Gasteiger partial charge in [0.25, 0.3) is 0 Å². The summed E-state index contributed by atoms with van der Waals surface area (Å²) in [5.41, 5.74) is 1.08. The van der Waals surface area contributed by atoms with Crippen molar-refractivity contribution >= 4 is 11.9 Å². The van der Waals surface area contributed by atoms with Crippen LogP contribution in [0.25, 0.3) is 0 Å². The fourth-order valence-corrected chi connectivity index (χ4v) is 2.81. The fourth-order valence-electron chi connectivity index (χ4n) is 2.81. The first-order chi connectivity index (χ1) is 11.1. The summed E-state index contributed by atoms with van der Waals surface area (Å²) < 4.78 is 5.30. The van der Waals surface area contributed by atoms with Crippen molar-refractivity contribution in [3.8, 4) is 0 Å². The number of carbonyl (C=O) groups excluding carboxylic acids is 1. The number of piperazine rings is 1. The summed E-state index contributed by atoms with van der Waals surface area (Å²) in [6.07, 6.45) is -0.170. The van der Waals surface area contributed by atoms with E-state index in [0.29, 0.717) is 39.4 Å². The molecule has 1 heterocycles. The Balaban J connectivity index is 2.04. The van der Waals surface area contributed by atoms with Crippen LogP contribution >= 0.6 is 0 Å². The first-order valence-corrected chi connectivity index (χ1v) is 7.98. The van der Waals surface area contributed by atoms with E-state index in [1.165, 1.54) is 0 Å². The minimum absolute atomic E-state index is 0.116. The van der Waals surface area contributed by atoms with Crippen LogP contribution in [-0.4, -0.2) is 65.7 Å². The Morgan fingerprint density at radius 1 is 1.30 bits per heavy atom. The lowest BCUT2D eigenvalue weighted by Crippen LogP contribution is -2.57. The van der Waals surface area contributed by atoms with E-state index in [0.717, 1.165) is 5.56 Å². The maximum atomic E-state index is 12.6. The van der Waals surface area contributed by atoms with Gasteiger partial charge in [-0.05, 0) is 12.5 Å². The Bertz CT molecular complexity index is 521. The molecule has 2 rings (SSSR count). The zero-order valence-electron chi connectivity index (χ0n) is 13.5. The van der Waals surface area contributed by atoms with E-state index in [9.17, 15) is 9.59 Å². The molecule has 0 saturated carbocycles. The summed E-state index contributed by atoms with van der Waals surface area (Å²) in [4.78, 5) is 27.5. The molecule has 0 spiro atoms. The summed E-state index contributed by atoms with van der Waals surface area (Å²) in [6.45, 7) is 5.39. The number of rotatable bonds is 8. The summed E-state index contributed by atoms with van der Waals surface area (Å²) in [6, 6.07) is 9.20. The van der Waals surface area contributed by atoms with Crippen LogP contribution in [0.5, 0.6) is 0 Å². The van der Waals surface area contributed by atoms with Gasteiger partial charge in [-0.25, -0.2) is 0 Å². The predicted octanol–water partition coefficient (Wildman–Crippen LogP) is 1.21. The molecule has 0 bridgehead atoms. The van der Waals surface area contributed by atoms with E-state index in [-0.39, 0.29) is 12.3 Å². The van der Waals surface area contributed by atoms with E-state index in [1.807, 2.05) is 42.2 Å². The molecule has 1 unspecified atom stereocenters. The second-order valence-electron chi connectivity index (χ2n) is 5.59. The quantitative estimate of drug-likeness (QED) is 0.729. The SMILES string of the molecule is CCOCCN1CCN(Cc2ccccc2)C(CC(=O)O)C1=O. The summed E-state index contributed by atoms with van der Waals surface area (Å²) in [5.74, 6) is -1.07. The van der Waals surface area contributed by atoms with Crippen molar-refractivity contribution in [3.05, 3.63) is 35.9 Å². The van der Waals surface area contributed by atoms with Crippen LogP contribution in [0.4, 0.5) is 0 Å². The first-order valence-electron chi connectivity index (χ1n) is 7.98. The van der Waals surface area contributed by atoms with Gasteiger partial charge in [-0.3, -0.25) is 14.5 Å². The molecule has 1 N–H and O–H groups in total. The van der Waals surface area contributed by atoms with Gasteiger partial charge in [-0.1, -0.05) is 30.3 Å². The maximum Gasteiger partial charge on any atom is 0.305 e. The number of aliphatic carboxylic acids is 1. The second kappa shape index (κ2) is 8.64. The van der Waals surface area contributed by atoms with E-state index < -0.39 is 12.0 Å². The molecule has 1 aliphatic rings. The van der Waals surface area contributed by atoms with Gasteiger partial charge in [0.1, 0.15) is 6.04 Å². The van der Waals surface area contributed by atoms with Crippen LogP contribution < -0.4 is 0 Å². The highest BCUT2D eigenvalue weighted by Gasteiger charge is 2.35. The number of benzene rings is 1. The number of nitrogens with zero attached hydrogens (tertiary/aromatic N) is 2. The van der Waals surface area contributed by atoms with Crippen molar-refractivity contribution < 1.29 is 19.4 Å². The number of hydrogen-bond donors (Lipinski definition) is 1. The van der Waals surface area contributed by atoms with Gasteiger partial charge >= 0.3 is 5.97 Å². The van der Waals surface area contributed by atoms with Gasteiger partial charge in [0.05, 0.1) is 13.0 Å². The molecule has 0 radical (unpaired) electrons. The normalized spacial score (nSPS) is 19.1. The Morgan fingerprint density at radius 2 is 2.04 bits per heavy atom. The van der Waals surface area contributed by atoms with E-state index in [4.69, 9.17) is 9.84 Å². The summed E-state index contributed by atoms with van der Waals surface area (Å²) >= 11 is 0. The minimum atomic E-state index is -0.951. The third kappa shape index (κ3) is 5.04. The Labute approximate surface area is 136 Å². The number of carboxylic acid groups (broad SMARTS) is 1. The van der Waals surface area contributed by atoms with Crippen LogP contribution in [0.15, 0.2) is 30.3 Å². The highest BCUT2D eigenvalue weighted by molar-refractivity contribution is 5.86. The molecule has 6 nitrogen and oxygen atoms in total. The molecule has 6 heteroatoms. The van der Waals surface area contributed by atoms with Gasteiger partial charge < -0.3 is 14.7 Å². The number of amides is 1. The van der Waals surface area contributed by atoms with Crippen molar-refractivity contribution in [2.24, 2.45) is 0 Å². The average molecular weight is 320 g/mol. The van der Waals surface area contributed by atoms with Gasteiger partial charge in [-0.2, -0.15) is 0 Å².